The van der Waals surface area contributed by atoms with Crippen LogP contribution in [0.1, 0.15) is 41.5 Å². The molecule has 26 heavy (non-hydrogen) atoms. The zero-order valence-corrected chi connectivity index (χ0v) is 17.4. The van der Waals surface area contributed by atoms with Crippen molar-refractivity contribution in [2.45, 2.75) is 62.7 Å². The van der Waals surface area contributed by atoms with Gasteiger partial charge < -0.3 is 35.4 Å². The molecule has 0 fully saturated rings. The molecule has 0 aliphatic heterocycles. The fourth-order valence-electron chi connectivity index (χ4n) is 1.21. The van der Waals surface area contributed by atoms with Crippen molar-refractivity contribution in [2.75, 3.05) is 13.1 Å². The fourth-order valence-corrected chi connectivity index (χ4v) is 2.94. The van der Waals surface area contributed by atoms with Gasteiger partial charge in [0.2, 0.25) is 5.12 Å². The number of rotatable bonds is 7. The molecular formula is C14H27BN2O7S2. The van der Waals surface area contributed by atoms with E-state index in [1.165, 1.54) is 0 Å². The Bertz CT molecular complexity index is 447. The van der Waals surface area contributed by atoms with Gasteiger partial charge in [0.05, 0.1) is 17.9 Å². The molecule has 150 valence electrons. The molecule has 0 heterocycles. The molecule has 0 aliphatic carbocycles. The van der Waals surface area contributed by atoms with Gasteiger partial charge in [0.1, 0.15) is 19.0 Å². The first-order chi connectivity index (χ1) is 11.4. The van der Waals surface area contributed by atoms with E-state index >= 15 is 0 Å². The second kappa shape index (κ2) is 9.40. The van der Waals surface area contributed by atoms with Gasteiger partial charge in [-0.15, -0.1) is 0 Å². The average molecular weight is 410 g/mol. The van der Waals surface area contributed by atoms with Gasteiger partial charge in [0.25, 0.3) is 0 Å². The summed E-state index contributed by atoms with van der Waals surface area (Å²) in [5.41, 5.74) is -1.44. The summed E-state index contributed by atoms with van der Waals surface area (Å²) in [4.78, 5) is 21.0. The number of carbonyl (C=O) groups excluding carboxylic acids is 2. The van der Waals surface area contributed by atoms with Gasteiger partial charge in [0.15, 0.2) is 0 Å². The lowest BCUT2D eigenvalue weighted by molar-refractivity contribution is -0.0722. The summed E-state index contributed by atoms with van der Waals surface area (Å²) in [6, 6.07) is 0. The van der Waals surface area contributed by atoms with E-state index in [-0.39, 0.29) is 0 Å². The molecular weight excluding hydrogens is 383 g/mol. The zero-order chi connectivity index (χ0) is 20.8. The third-order valence-corrected chi connectivity index (χ3v) is 4.91. The number of ether oxygens (including phenoxy) is 2. The van der Waals surface area contributed by atoms with Crippen LogP contribution < -0.4 is 10.6 Å². The van der Waals surface area contributed by atoms with Crippen LogP contribution >= 0.6 is 21.6 Å². The molecule has 0 aromatic rings. The highest BCUT2D eigenvalue weighted by Crippen LogP contribution is 2.38. The van der Waals surface area contributed by atoms with Crippen molar-refractivity contribution in [3.8, 4) is 0 Å². The molecule has 0 aromatic carbocycles. The number of hydrogen-bond donors (Lipinski definition) is 5. The van der Waals surface area contributed by atoms with E-state index in [1.807, 2.05) is 0 Å². The number of carbonyl (C=O) groups is 2. The maximum atomic E-state index is 11.5. The van der Waals surface area contributed by atoms with E-state index in [9.17, 15) is 24.9 Å². The van der Waals surface area contributed by atoms with Crippen molar-refractivity contribution >= 4 is 41.6 Å². The second-order valence-electron chi connectivity index (χ2n) is 7.47. The molecule has 12 heteroatoms. The quantitative estimate of drug-likeness (QED) is 0.235. The molecule has 0 bridgehead atoms. The molecule has 9 nitrogen and oxygen atoms in total. The van der Waals surface area contributed by atoms with Crippen LogP contribution in [-0.4, -0.2) is 69.6 Å². The Morgan fingerprint density at radius 1 is 0.846 bits per heavy atom. The van der Waals surface area contributed by atoms with Crippen molar-refractivity contribution in [3.63, 3.8) is 0 Å². The smallest absolute Gasteiger partial charge is 0.407 e. The molecule has 0 aromatic heterocycles. The largest absolute Gasteiger partial charge is 0.444 e. The average Bonchev–Trinajstić information content (AvgIpc) is 2.38. The van der Waals surface area contributed by atoms with Crippen LogP contribution in [0.2, 0.25) is 0 Å². The van der Waals surface area contributed by atoms with Crippen LogP contribution in [-0.2, 0) is 9.47 Å². The summed E-state index contributed by atoms with van der Waals surface area (Å²) < 4.78 is 9.95. The zero-order valence-electron chi connectivity index (χ0n) is 15.8. The minimum absolute atomic E-state index is 0.401. The lowest BCUT2D eigenvalue weighted by Gasteiger charge is -2.28. The monoisotopic (exact) mass is 410 g/mol. The molecule has 1 unspecified atom stereocenters. The summed E-state index contributed by atoms with van der Waals surface area (Å²) in [5, 5.41) is 31.6. The predicted octanol–water partition coefficient (Wildman–Crippen LogP) is 0.870. The molecule has 0 spiro atoms. The number of amides is 2. The van der Waals surface area contributed by atoms with Gasteiger partial charge in [0, 0.05) is 0 Å². The van der Waals surface area contributed by atoms with Crippen LogP contribution in [0.25, 0.3) is 0 Å². The Hall–Kier alpha value is -0.815. The molecule has 1 atom stereocenters. The Morgan fingerprint density at radius 3 is 1.62 bits per heavy atom. The lowest BCUT2D eigenvalue weighted by atomic mass is 10.00. The molecule has 2 amide bonds. The second-order valence-corrected chi connectivity index (χ2v) is 10.2. The topological polar surface area (TPSA) is 137 Å². The number of aliphatic hydroxyl groups is 3. The maximum absolute atomic E-state index is 11.5. The van der Waals surface area contributed by atoms with Gasteiger partial charge in [-0.1, -0.05) is 10.8 Å². The van der Waals surface area contributed by atoms with Crippen molar-refractivity contribution in [1.29, 1.82) is 0 Å². The Morgan fingerprint density at radius 2 is 1.23 bits per heavy atom. The van der Waals surface area contributed by atoms with Crippen LogP contribution in [0.15, 0.2) is 0 Å². The molecule has 5 N–H and O–H groups in total. The van der Waals surface area contributed by atoms with Crippen molar-refractivity contribution in [1.82, 2.24) is 10.6 Å². The third kappa shape index (κ3) is 14.4. The summed E-state index contributed by atoms with van der Waals surface area (Å²) in [6.45, 7) is 9.03. The van der Waals surface area contributed by atoms with Crippen molar-refractivity contribution in [3.05, 3.63) is 0 Å². The first-order valence-corrected chi connectivity index (χ1v) is 9.82. The van der Waals surface area contributed by atoms with Crippen LogP contribution in [0, 0.1) is 0 Å². The molecule has 0 saturated heterocycles. The highest BCUT2D eigenvalue weighted by Gasteiger charge is 2.32. The predicted molar refractivity (Wildman–Crippen MR) is 102 cm³/mol. The van der Waals surface area contributed by atoms with Gasteiger partial charge in [-0.25, -0.2) is 9.59 Å². The standard InChI is InChI=1S/C14H27BN2O7S2/c1-11(2,3)23-9(18)16-7-13(15,20)25-26-14(21,22)8-17-10(19)24-12(4,5)6/h20-22H,7-8H2,1-6H3,(H,16,18)(H,17,19). The number of nitrogens with one attached hydrogen (secondary N) is 2. The van der Waals surface area contributed by atoms with E-state index < -0.39 is 46.4 Å². The Kier molecular flexibility index (Phi) is 9.11. The molecule has 0 saturated carbocycles. The van der Waals surface area contributed by atoms with Crippen LogP contribution in [0.5, 0.6) is 0 Å². The summed E-state index contributed by atoms with van der Waals surface area (Å²) >= 11 is 0. The lowest BCUT2D eigenvalue weighted by Crippen LogP contribution is -2.44. The summed E-state index contributed by atoms with van der Waals surface area (Å²) in [7, 11) is 6.47. The first-order valence-electron chi connectivity index (χ1n) is 7.67. The first kappa shape index (κ1) is 25.2. The highest BCUT2D eigenvalue weighted by atomic mass is 33.1. The van der Waals surface area contributed by atoms with E-state index in [1.54, 1.807) is 41.5 Å². The minimum atomic E-state index is -2.43. The summed E-state index contributed by atoms with van der Waals surface area (Å²) in [6.07, 6.45) is -1.61. The SMILES string of the molecule is [B]C(O)(CNC(=O)OC(C)(C)C)SSC(O)(O)CNC(=O)OC(C)(C)C. The van der Waals surface area contributed by atoms with Gasteiger partial charge in [-0.05, 0) is 52.3 Å². The van der Waals surface area contributed by atoms with Gasteiger partial charge in [-0.3, -0.25) is 0 Å². The molecule has 0 aliphatic rings. The number of alkyl carbamates (subject to hydrolysis) is 2. The van der Waals surface area contributed by atoms with E-state index in [0.717, 1.165) is 0 Å². The normalized spacial score (nSPS) is 15.0. The van der Waals surface area contributed by atoms with E-state index in [2.05, 4.69) is 10.6 Å². The molecule has 0 rings (SSSR count). The third-order valence-electron chi connectivity index (χ3n) is 2.07. The van der Waals surface area contributed by atoms with Crippen molar-refractivity contribution in [2.24, 2.45) is 0 Å². The highest BCUT2D eigenvalue weighted by molar-refractivity contribution is 8.77. The summed E-state index contributed by atoms with van der Waals surface area (Å²) in [5.74, 6) is 0. The van der Waals surface area contributed by atoms with E-state index in [0.29, 0.717) is 21.6 Å². The number of hydrogen-bond acceptors (Lipinski definition) is 9. The maximum Gasteiger partial charge on any atom is 0.407 e. The van der Waals surface area contributed by atoms with E-state index in [4.69, 9.17) is 17.3 Å². The van der Waals surface area contributed by atoms with Crippen molar-refractivity contribution < 1.29 is 34.4 Å². The Labute approximate surface area is 162 Å². The van der Waals surface area contributed by atoms with Gasteiger partial charge in [-0.2, -0.15) is 0 Å². The Balaban J connectivity index is 4.33. The van der Waals surface area contributed by atoms with Gasteiger partial charge >= 0.3 is 12.2 Å². The van der Waals surface area contributed by atoms with Crippen LogP contribution in [0.4, 0.5) is 9.59 Å². The molecule has 2 radical (unpaired) electrons. The fraction of sp³-hybridized carbons (Fsp3) is 0.857. The van der Waals surface area contributed by atoms with Crippen LogP contribution in [0.3, 0.4) is 0 Å². The minimum Gasteiger partial charge on any atom is -0.444 e.